The van der Waals surface area contributed by atoms with Gasteiger partial charge in [-0.05, 0) is 6.92 Å². The van der Waals surface area contributed by atoms with E-state index in [1.54, 1.807) is 6.92 Å². The van der Waals surface area contributed by atoms with Gasteiger partial charge in [-0.25, -0.2) is 9.59 Å². The zero-order chi connectivity index (χ0) is 12.8. The van der Waals surface area contributed by atoms with E-state index in [1.807, 2.05) is 0 Å². The molecule has 0 unspecified atom stereocenters. The van der Waals surface area contributed by atoms with E-state index < -0.39 is 24.6 Å². The van der Waals surface area contributed by atoms with Gasteiger partial charge in [-0.3, -0.25) is 0 Å². The number of aliphatic carboxylic acids is 1. The minimum Gasteiger partial charge on any atom is -0.480 e. The summed E-state index contributed by atoms with van der Waals surface area (Å²) in [7, 11) is 0. The summed E-state index contributed by atoms with van der Waals surface area (Å²) in [4.78, 5) is 25.5. The highest BCUT2D eigenvalue weighted by Gasteiger charge is 2.18. The Morgan fingerprint density at radius 2 is 2.24 bits per heavy atom. The van der Waals surface area contributed by atoms with E-state index >= 15 is 0 Å². The number of rotatable bonds is 5. The van der Waals surface area contributed by atoms with E-state index in [2.05, 4.69) is 20.8 Å². The number of aromatic nitrogens is 2. The molecule has 1 aromatic heterocycles. The maximum Gasteiger partial charge on any atom is 0.328 e. The Morgan fingerprint density at radius 3 is 2.71 bits per heavy atom. The fourth-order valence-electron chi connectivity index (χ4n) is 0.962. The van der Waals surface area contributed by atoms with Crippen LogP contribution in [-0.4, -0.2) is 45.0 Å². The number of aliphatic hydroxyl groups is 1. The quantitative estimate of drug-likeness (QED) is 0.501. The van der Waals surface area contributed by atoms with Gasteiger partial charge in [0.05, 0.1) is 13.2 Å². The molecule has 0 aliphatic heterocycles. The second-order valence-corrected chi connectivity index (χ2v) is 3.14. The molecule has 0 bridgehead atoms. The summed E-state index contributed by atoms with van der Waals surface area (Å²) in [5.74, 6) is -0.689. The molecule has 17 heavy (non-hydrogen) atoms. The highest BCUT2D eigenvalue weighted by molar-refractivity contribution is 5.82. The number of nitrogens with zero attached hydrogens (tertiary/aromatic N) is 2. The smallest absolute Gasteiger partial charge is 0.328 e. The molecule has 1 aromatic rings. The fourth-order valence-corrected chi connectivity index (χ4v) is 0.962. The van der Waals surface area contributed by atoms with E-state index in [9.17, 15) is 9.59 Å². The minimum atomic E-state index is -1.35. The average molecular weight is 244 g/mol. The summed E-state index contributed by atoms with van der Waals surface area (Å²) in [6, 6.07) is -2.10. The molecule has 4 N–H and O–H groups in total. The van der Waals surface area contributed by atoms with E-state index in [-0.39, 0.29) is 12.4 Å². The maximum absolute atomic E-state index is 11.2. The zero-order valence-electron chi connectivity index (χ0n) is 9.01. The summed E-state index contributed by atoms with van der Waals surface area (Å²) >= 11 is 0. The van der Waals surface area contributed by atoms with Gasteiger partial charge in [-0.15, -0.1) is 0 Å². The Hall–Kier alpha value is -2.16. The number of amides is 2. The molecule has 0 spiro atoms. The van der Waals surface area contributed by atoms with Gasteiger partial charge >= 0.3 is 12.0 Å². The van der Waals surface area contributed by atoms with Crippen LogP contribution in [0.15, 0.2) is 4.52 Å². The van der Waals surface area contributed by atoms with Crippen LogP contribution in [0.5, 0.6) is 0 Å². The van der Waals surface area contributed by atoms with Crippen LogP contribution in [0.3, 0.4) is 0 Å². The number of carbonyl (C=O) groups excluding carboxylic acids is 1. The minimum absolute atomic E-state index is 0.0234. The Bertz CT molecular complexity index is 404. The van der Waals surface area contributed by atoms with Gasteiger partial charge in [0.15, 0.2) is 11.9 Å². The molecule has 2 amide bonds. The van der Waals surface area contributed by atoms with Gasteiger partial charge in [0.2, 0.25) is 5.89 Å². The Morgan fingerprint density at radius 1 is 1.53 bits per heavy atom. The lowest BCUT2D eigenvalue weighted by molar-refractivity contribution is -0.140. The van der Waals surface area contributed by atoms with E-state index in [4.69, 9.17) is 14.7 Å². The van der Waals surface area contributed by atoms with Crippen molar-refractivity contribution in [1.82, 2.24) is 20.8 Å². The maximum atomic E-state index is 11.2. The van der Waals surface area contributed by atoms with Gasteiger partial charge in [-0.2, -0.15) is 4.98 Å². The van der Waals surface area contributed by atoms with Crippen LogP contribution >= 0.6 is 0 Å². The summed E-state index contributed by atoms with van der Waals surface area (Å²) in [5.41, 5.74) is 0. The van der Waals surface area contributed by atoms with Crippen LogP contribution in [0.4, 0.5) is 4.79 Å². The first-order chi connectivity index (χ1) is 8.02. The Labute approximate surface area is 95.8 Å². The van der Waals surface area contributed by atoms with Crippen molar-refractivity contribution in [3.8, 4) is 0 Å². The molecule has 1 heterocycles. The van der Waals surface area contributed by atoms with Crippen LogP contribution < -0.4 is 10.6 Å². The number of carboxylic acid groups (broad SMARTS) is 1. The van der Waals surface area contributed by atoms with Crippen molar-refractivity contribution in [3.63, 3.8) is 0 Å². The normalized spacial score (nSPS) is 11.9. The monoisotopic (exact) mass is 244 g/mol. The van der Waals surface area contributed by atoms with Crippen LogP contribution in [-0.2, 0) is 11.3 Å². The van der Waals surface area contributed by atoms with Gasteiger partial charge in [-0.1, -0.05) is 5.16 Å². The zero-order valence-corrected chi connectivity index (χ0v) is 9.01. The second-order valence-electron chi connectivity index (χ2n) is 3.14. The topological polar surface area (TPSA) is 138 Å². The summed E-state index contributed by atoms with van der Waals surface area (Å²) in [5, 5.41) is 25.1. The molecule has 0 radical (unpaired) electrons. The highest BCUT2D eigenvalue weighted by atomic mass is 16.5. The molecule has 0 aliphatic rings. The molecule has 9 heteroatoms. The SMILES string of the molecule is Cc1noc(CNC(=O)N[C@@H](CO)C(=O)O)n1. The van der Waals surface area contributed by atoms with Crippen molar-refractivity contribution in [2.24, 2.45) is 0 Å². The molecule has 0 fully saturated rings. The molecule has 0 saturated heterocycles. The Balaban J connectivity index is 2.37. The van der Waals surface area contributed by atoms with Crippen LogP contribution in [0.25, 0.3) is 0 Å². The first-order valence-corrected chi connectivity index (χ1v) is 4.70. The molecule has 0 saturated carbocycles. The molecular weight excluding hydrogens is 232 g/mol. The van der Waals surface area contributed by atoms with Crippen molar-refractivity contribution >= 4 is 12.0 Å². The van der Waals surface area contributed by atoms with Crippen molar-refractivity contribution in [2.45, 2.75) is 19.5 Å². The summed E-state index contributed by atoms with van der Waals surface area (Å²) < 4.78 is 4.72. The number of aliphatic hydroxyl groups excluding tert-OH is 1. The summed E-state index contributed by atoms with van der Waals surface area (Å²) in [6.07, 6.45) is 0. The lowest BCUT2D eigenvalue weighted by Crippen LogP contribution is -2.47. The predicted octanol–water partition coefficient (Wildman–Crippen LogP) is -1.38. The predicted molar refractivity (Wildman–Crippen MR) is 52.9 cm³/mol. The third kappa shape index (κ3) is 4.07. The number of carboxylic acids is 1. The van der Waals surface area contributed by atoms with Crippen molar-refractivity contribution in [2.75, 3.05) is 6.61 Å². The molecule has 1 atom stereocenters. The third-order valence-electron chi connectivity index (χ3n) is 1.76. The number of hydrogen-bond donors (Lipinski definition) is 4. The van der Waals surface area contributed by atoms with Crippen molar-refractivity contribution in [1.29, 1.82) is 0 Å². The van der Waals surface area contributed by atoms with Gasteiger partial charge in [0.25, 0.3) is 0 Å². The first kappa shape index (κ1) is 12.9. The van der Waals surface area contributed by atoms with E-state index in [1.165, 1.54) is 0 Å². The molecular formula is C8H12N4O5. The number of nitrogens with one attached hydrogen (secondary N) is 2. The van der Waals surface area contributed by atoms with Crippen LogP contribution in [0, 0.1) is 6.92 Å². The third-order valence-corrected chi connectivity index (χ3v) is 1.76. The van der Waals surface area contributed by atoms with Gasteiger partial charge in [0.1, 0.15) is 0 Å². The lowest BCUT2D eigenvalue weighted by atomic mass is 10.3. The number of urea groups is 1. The molecule has 94 valence electrons. The standard InChI is InChI=1S/C8H12N4O5/c1-4-10-6(17-12-4)2-9-8(16)11-5(3-13)7(14)15/h5,13H,2-3H2,1H3,(H,14,15)(H2,9,11,16)/t5-/m0/s1. The van der Waals surface area contributed by atoms with Crippen LogP contribution in [0.1, 0.15) is 11.7 Å². The van der Waals surface area contributed by atoms with Gasteiger partial charge < -0.3 is 25.4 Å². The van der Waals surface area contributed by atoms with E-state index in [0.29, 0.717) is 5.82 Å². The second kappa shape index (κ2) is 5.80. The van der Waals surface area contributed by atoms with Crippen LogP contribution in [0.2, 0.25) is 0 Å². The van der Waals surface area contributed by atoms with Crippen molar-refractivity contribution in [3.05, 3.63) is 11.7 Å². The molecule has 1 rings (SSSR count). The van der Waals surface area contributed by atoms with Crippen molar-refractivity contribution < 1.29 is 24.3 Å². The number of aryl methyl sites for hydroxylation is 1. The highest BCUT2D eigenvalue weighted by Crippen LogP contribution is 1.94. The Kier molecular flexibility index (Phi) is 4.40. The average Bonchev–Trinajstić information content (AvgIpc) is 2.68. The number of hydrogen-bond acceptors (Lipinski definition) is 6. The summed E-state index contributed by atoms with van der Waals surface area (Å²) in [6.45, 7) is 0.909. The molecule has 9 nitrogen and oxygen atoms in total. The molecule has 0 aromatic carbocycles. The largest absolute Gasteiger partial charge is 0.480 e. The molecule has 0 aliphatic carbocycles. The first-order valence-electron chi connectivity index (χ1n) is 4.70. The van der Waals surface area contributed by atoms with E-state index in [0.717, 1.165) is 0 Å². The lowest BCUT2D eigenvalue weighted by Gasteiger charge is -2.11. The van der Waals surface area contributed by atoms with Gasteiger partial charge in [0, 0.05) is 0 Å². The number of carbonyl (C=O) groups is 2. The fraction of sp³-hybridized carbons (Fsp3) is 0.500.